The Morgan fingerprint density at radius 3 is 0.798 bits per heavy atom. The highest BCUT2D eigenvalue weighted by Gasteiger charge is 2.29. The second kappa shape index (κ2) is 27.1. The third-order valence-electron chi connectivity index (χ3n) is 16.9. The molecule has 0 amide bonds. The van der Waals surface area contributed by atoms with Gasteiger partial charge in [0.1, 0.15) is 91.6 Å². The van der Waals surface area contributed by atoms with Gasteiger partial charge in [0.25, 0.3) is 0 Å². The Morgan fingerprint density at radius 1 is 0.231 bits per heavy atom. The first-order chi connectivity index (χ1) is 51.1. The van der Waals surface area contributed by atoms with Crippen LogP contribution in [0.3, 0.4) is 0 Å². The first-order valence-corrected chi connectivity index (χ1v) is 32.7. The summed E-state index contributed by atoms with van der Waals surface area (Å²) in [6.45, 7) is 0. The van der Waals surface area contributed by atoms with Gasteiger partial charge in [-0.25, -0.2) is 49.1 Å². The predicted octanol–water partition coefficient (Wildman–Crippen LogP) is 18.9. The summed E-state index contributed by atoms with van der Waals surface area (Å²) >= 11 is 0. The number of H-pyrrole nitrogens is 2. The summed E-state index contributed by atoms with van der Waals surface area (Å²) < 4.78 is 49.9. The van der Waals surface area contributed by atoms with E-state index in [4.69, 9.17) is 67.8 Å². The summed E-state index contributed by atoms with van der Waals surface area (Å²) in [6.07, 6.45) is 0. The fraction of sp³-hybridized carbons (Fsp3) is 0. The monoisotopic (exact) mass is 1360 g/mol. The molecular weight excluding hydrogens is 1310 g/mol. The van der Waals surface area contributed by atoms with Crippen LogP contribution in [-0.2, 0) is 0 Å². The highest BCUT2D eigenvalue weighted by molar-refractivity contribution is 6.10. The first-order valence-electron chi connectivity index (χ1n) is 32.7. The number of nitrogens with zero attached hydrogens (tertiary/aromatic N) is 6. The van der Waals surface area contributed by atoms with E-state index in [0.717, 1.165) is 0 Å². The van der Waals surface area contributed by atoms with Crippen molar-refractivity contribution in [1.29, 1.82) is 0 Å². The molecule has 0 atom stereocenters. The second-order valence-electron chi connectivity index (χ2n) is 23.6. The smallest absolute Gasteiger partial charge is 0.343 e. The van der Waals surface area contributed by atoms with Crippen molar-refractivity contribution < 1.29 is 57.1 Å². The highest BCUT2D eigenvalue weighted by atomic mass is 16.6. The van der Waals surface area contributed by atoms with Crippen molar-refractivity contribution in [2.75, 3.05) is 0 Å². The summed E-state index contributed by atoms with van der Waals surface area (Å²) in [5.74, 6) is 3.13. The molecular formula is C84H50N8O12. The van der Waals surface area contributed by atoms with Crippen LogP contribution in [0.5, 0.6) is 69.0 Å². The van der Waals surface area contributed by atoms with E-state index in [1.165, 1.54) is 0 Å². The van der Waals surface area contributed by atoms with Gasteiger partial charge in [0.2, 0.25) is 0 Å². The molecule has 8 bridgehead atoms. The largest absolute Gasteiger partial charge is 0.457 e. The molecule has 3 aromatic heterocycles. The van der Waals surface area contributed by atoms with Gasteiger partial charge in [-0.3, -0.25) is 0 Å². The Bertz CT molecular complexity index is 5670. The summed E-state index contributed by atoms with van der Waals surface area (Å²) in [5, 5.41) is 2.15. The van der Waals surface area contributed by atoms with Crippen LogP contribution in [0.25, 0.3) is 89.7 Å². The van der Waals surface area contributed by atoms with Crippen LogP contribution in [0.4, 0.5) is 0 Å². The quantitative estimate of drug-likeness (QED) is 0.0674. The zero-order valence-corrected chi connectivity index (χ0v) is 54.3. The molecule has 5 heterocycles. The van der Waals surface area contributed by atoms with Crippen LogP contribution in [0, 0.1) is 0 Å². The van der Waals surface area contributed by atoms with Gasteiger partial charge >= 0.3 is 23.9 Å². The number of carbonyl (C=O) groups excluding carboxylic acids is 4. The molecule has 0 aliphatic carbocycles. The Kier molecular flexibility index (Phi) is 16.3. The molecule has 12 aromatic carbocycles. The molecule has 2 N–H and O–H groups in total. The number of nitrogens with one attached hydrogen (secondary N) is 2. The van der Waals surface area contributed by atoms with Crippen LogP contribution in [-0.4, -0.2) is 63.7 Å². The summed E-state index contributed by atoms with van der Waals surface area (Å²) in [4.78, 5) is 91.4. The van der Waals surface area contributed by atoms with Gasteiger partial charge in [-0.2, -0.15) is 0 Å². The Labute approximate surface area is 590 Å². The SMILES string of the molecule is O=C(Oc1ccc(Oc2cccc3c2-c2nc-3nc3[nH]c(nc4nc(nc5[nH]c(n2)c2cccc(Oc6ccc(OC(=O)c7ccccc7)cc6)c52)-c2cccc(Oc5ccc(OC(=O)c6ccccc6)cc5)c2-4)c2cccc(Oc4ccc(OC(=O)c5ccccc5)cc4)c32)cc1)c1ccccc1. The minimum atomic E-state index is -0.513. The zero-order chi connectivity index (χ0) is 70.0. The van der Waals surface area contributed by atoms with Gasteiger partial charge < -0.3 is 47.9 Å². The normalized spacial score (nSPS) is 11.2. The van der Waals surface area contributed by atoms with Crippen molar-refractivity contribution in [3.05, 3.63) is 313 Å². The first kappa shape index (κ1) is 62.6. The van der Waals surface area contributed by atoms with E-state index >= 15 is 0 Å². The number of rotatable bonds is 16. The summed E-state index contributed by atoms with van der Waals surface area (Å²) in [5.41, 5.74) is 4.84. The van der Waals surface area contributed by atoms with Gasteiger partial charge in [-0.1, -0.05) is 121 Å². The molecule has 17 rings (SSSR count). The molecule has 20 heteroatoms. The van der Waals surface area contributed by atoms with Crippen LogP contribution in [0.15, 0.2) is 291 Å². The van der Waals surface area contributed by atoms with Crippen molar-refractivity contribution in [3.63, 3.8) is 0 Å². The fourth-order valence-electron chi connectivity index (χ4n) is 12.0. The number of fused-ring (bicyclic) bond motifs is 20. The maximum atomic E-state index is 13.1. The fourth-order valence-corrected chi connectivity index (χ4v) is 12.0. The van der Waals surface area contributed by atoms with Gasteiger partial charge in [-0.15, -0.1) is 0 Å². The van der Waals surface area contributed by atoms with E-state index in [9.17, 15) is 19.2 Å². The standard InChI is InChI=1S/C84H50N8O12/c93-81(49-17-5-1-6-18-49)101-57-41-33-53(34-42-57)97-65-29-13-25-61-69(65)77-85-73(61)90-78-71-63(27-15-31-67(71)99-55-37-45-59(46-38-55)103-83(95)51-21-9-3-10-22-51)75(87-78)92-80-72-64(28-16-32-68(72)100-56-39-47-60(48-40-56)104-84(96)52-23-11-4-12-24-52)76(88-80)91-79-70-62(74(86-79)89-77)26-14-30-66(70)98-54-35-43-58(44-36-54)102-82(94)50-19-7-2-8-20-50/h1-48H,(H2,85,86,87,88,89,90,91,92). The molecule has 0 saturated heterocycles. The number of carbonyl (C=O) groups is 4. The molecule has 498 valence electrons. The minimum absolute atomic E-state index is 0.199. The van der Waals surface area contributed by atoms with E-state index in [-0.39, 0.29) is 34.6 Å². The molecule has 2 aliphatic rings. The van der Waals surface area contributed by atoms with Crippen LogP contribution in [0.2, 0.25) is 0 Å². The van der Waals surface area contributed by atoms with Gasteiger partial charge in [-0.05, 0) is 170 Å². The Morgan fingerprint density at radius 2 is 0.490 bits per heavy atom. The predicted molar refractivity (Wildman–Crippen MR) is 388 cm³/mol. The maximum Gasteiger partial charge on any atom is 0.343 e. The van der Waals surface area contributed by atoms with Gasteiger partial charge in [0, 0.05) is 21.9 Å². The maximum absolute atomic E-state index is 13.1. The van der Waals surface area contributed by atoms with Gasteiger partial charge in [0.15, 0.2) is 23.3 Å². The third kappa shape index (κ3) is 12.7. The topological polar surface area (TPSA) is 251 Å². The number of aromatic nitrogens is 8. The second-order valence-corrected chi connectivity index (χ2v) is 23.6. The Hall–Kier alpha value is -14.9. The number of hydrogen-bond donors (Lipinski definition) is 2. The van der Waals surface area contributed by atoms with E-state index in [2.05, 4.69) is 9.97 Å². The number of ether oxygens (including phenoxy) is 8. The zero-order valence-electron chi connectivity index (χ0n) is 54.3. The lowest BCUT2D eigenvalue weighted by molar-refractivity contribution is 0.0725. The molecule has 0 spiro atoms. The van der Waals surface area contributed by atoms with E-state index in [0.29, 0.717) is 146 Å². The molecule has 0 fully saturated rings. The van der Waals surface area contributed by atoms with Crippen molar-refractivity contribution in [2.24, 2.45) is 0 Å². The average molecular weight is 1360 g/mol. The molecule has 15 aromatic rings. The van der Waals surface area contributed by atoms with Crippen molar-refractivity contribution in [2.45, 2.75) is 0 Å². The third-order valence-corrected chi connectivity index (χ3v) is 16.9. The van der Waals surface area contributed by atoms with Gasteiger partial charge in [0.05, 0.1) is 44.2 Å². The number of hydrogen-bond acceptors (Lipinski definition) is 18. The van der Waals surface area contributed by atoms with E-state index in [1.807, 2.05) is 72.8 Å². The van der Waals surface area contributed by atoms with Crippen molar-refractivity contribution in [3.8, 4) is 115 Å². The number of aromatic amines is 2. The lowest BCUT2D eigenvalue weighted by Gasteiger charge is -2.11. The van der Waals surface area contributed by atoms with E-state index in [1.54, 1.807) is 218 Å². The highest BCUT2D eigenvalue weighted by Crippen LogP contribution is 2.47. The number of benzene rings is 12. The van der Waals surface area contributed by atoms with Crippen molar-refractivity contribution in [1.82, 2.24) is 39.9 Å². The van der Waals surface area contributed by atoms with Crippen LogP contribution >= 0.6 is 0 Å². The molecule has 2 aliphatic heterocycles. The molecule has 20 nitrogen and oxygen atoms in total. The number of esters is 4. The summed E-state index contributed by atoms with van der Waals surface area (Å²) in [6, 6.07) is 83.6. The lowest BCUT2D eigenvalue weighted by Crippen LogP contribution is -2.07. The van der Waals surface area contributed by atoms with Crippen molar-refractivity contribution >= 4 is 68.0 Å². The molecule has 0 radical (unpaired) electrons. The van der Waals surface area contributed by atoms with Crippen LogP contribution in [0.1, 0.15) is 41.4 Å². The molecule has 0 saturated carbocycles. The van der Waals surface area contributed by atoms with Crippen LogP contribution < -0.4 is 37.9 Å². The summed E-state index contributed by atoms with van der Waals surface area (Å²) in [7, 11) is 0. The Balaban J connectivity index is 0.835. The minimum Gasteiger partial charge on any atom is -0.457 e. The molecule has 0 unspecified atom stereocenters. The average Bonchev–Trinajstić information content (AvgIpc) is 1.59. The lowest BCUT2D eigenvalue weighted by atomic mass is 10.1. The molecule has 104 heavy (non-hydrogen) atoms. The van der Waals surface area contributed by atoms with E-state index < -0.39 is 23.9 Å².